The average molecular weight is 422 g/mol. The fraction of sp³-hybridized carbons (Fsp3) is 0.100. The number of amides is 3. The van der Waals surface area contributed by atoms with Gasteiger partial charge in [-0.1, -0.05) is 24.3 Å². The Bertz CT molecular complexity index is 1220. The normalized spacial score (nSPS) is 10.4. The zero-order valence-corrected chi connectivity index (χ0v) is 16.4. The molecular formula is C20H18N6O5. The molecule has 158 valence electrons. The number of carbonyl (C=O) groups excluding carboxylic acids is 2. The Morgan fingerprint density at radius 1 is 1.16 bits per heavy atom. The van der Waals surface area contributed by atoms with Crippen molar-refractivity contribution >= 4 is 23.3 Å². The molecule has 3 amide bonds. The quantitative estimate of drug-likeness (QED) is 0.406. The van der Waals surface area contributed by atoms with E-state index in [4.69, 9.17) is 5.73 Å². The number of hydrogen-bond acceptors (Lipinski definition) is 6. The number of primary amides is 1. The molecule has 3 aromatic rings. The van der Waals surface area contributed by atoms with Crippen LogP contribution in [0, 0.1) is 17.0 Å². The number of hydrogen-bond donors (Lipinski definition) is 3. The molecule has 0 aliphatic rings. The minimum atomic E-state index is -0.725. The highest BCUT2D eigenvalue weighted by atomic mass is 16.6. The number of nitrogens with zero attached hydrogens (tertiary/aromatic N) is 3. The van der Waals surface area contributed by atoms with Crippen LogP contribution < -0.4 is 21.8 Å². The molecule has 0 unspecified atom stereocenters. The van der Waals surface area contributed by atoms with Crippen LogP contribution in [0.4, 0.5) is 16.2 Å². The van der Waals surface area contributed by atoms with Crippen LogP contribution in [0.2, 0.25) is 0 Å². The maximum atomic E-state index is 12.6. The first kappa shape index (κ1) is 21.2. The summed E-state index contributed by atoms with van der Waals surface area (Å²) in [4.78, 5) is 46.5. The van der Waals surface area contributed by atoms with Gasteiger partial charge in [-0.25, -0.2) is 9.48 Å². The van der Waals surface area contributed by atoms with Crippen LogP contribution in [0.5, 0.6) is 0 Å². The molecular weight excluding hydrogens is 404 g/mol. The Kier molecular flexibility index (Phi) is 6.05. The number of para-hydroxylation sites is 2. The number of carbonyl (C=O) groups is 2. The van der Waals surface area contributed by atoms with Crippen molar-refractivity contribution in [2.24, 2.45) is 5.73 Å². The Labute approximate surface area is 175 Å². The van der Waals surface area contributed by atoms with Gasteiger partial charge in [-0.2, -0.15) is 5.10 Å². The zero-order valence-electron chi connectivity index (χ0n) is 16.4. The molecule has 0 saturated heterocycles. The van der Waals surface area contributed by atoms with Gasteiger partial charge in [0.05, 0.1) is 4.92 Å². The summed E-state index contributed by atoms with van der Waals surface area (Å²) in [6, 6.07) is 13.0. The molecule has 31 heavy (non-hydrogen) atoms. The zero-order chi connectivity index (χ0) is 22.5. The number of nitro benzene ring substituents is 1. The Hall–Kier alpha value is -4.54. The van der Waals surface area contributed by atoms with Crippen molar-refractivity contribution in [2.45, 2.75) is 13.5 Å². The lowest BCUT2D eigenvalue weighted by atomic mass is 10.2. The summed E-state index contributed by atoms with van der Waals surface area (Å²) in [7, 11) is 0. The van der Waals surface area contributed by atoms with E-state index in [2.05, 4.69) is 15.7 Å². The highest BCUT2D eigenvalue weighted by Crippen LogP contribution is 2.22. The van der Waals surface area contributed by atoms with E-state index < -0.39 is 28.0 Å². The number of aromatic nitrogens is 2. The molecule has 1 heterocycles. The molecule has 0 aliphatic carbocycles. The second-order valence-corrected chi connectivity index (χ2v) is 6.53. The van der Waals surface area contributed by atoms with Gasteiger partial charge in [-0.05, 0) is 30.7 Å². The maximum Gasteiger partial charge on any atom is 0.316 e. The van der Waals surface area contributed by atoms with Crippen LogP contribution in [0.25, 0.3) is 5.69 Å². The molecule has 4 N–H and O–H groups in total. The Balaban J connectivity index is 1.84. The van der Waals surface area contributed by atoms with Gasteiger partial charge in [-0.15, -0.1) is 0 Å². The van der Waals surface area contributed by atoms with Crippen LogP contribution in [0.1, 0.15) is 21.7 Å². The monoisotopic (exact) mass is 422 g/mol. The van der Waals surface area contributed by atoms with Crippen molar-refractivity contribution in [2.75, 3.05) is 5.32 Å². The van der Waals surface area contributed by atoms with E-state index in [1.807, 2.05) is 0 Å². The van der Waals surface area contributed by atoms with Crippen molar-refractivity contribution in [1.82, 2.24) is 15.1 Å². The van der Waals surface area contributed by atoms with Crippen LogP contribution in [-0.2, 0) is 6.54 Å². The molecule has 3 rings (SSSR count). The average Bonchev–Trinajstić information content (AvgIpc) is 2.72. The van der Waals surface area contributed by atoms with Gasteiger partial charge in [0.15, 0.2) is 5.69 Å². The van der Waals surface area contributed by atoms with Crippen molar-refractivity contribution in [3.63, 3.8) is 0 Å². The second-order valence-electron chi connectivity index (χ2n) is 6.53. The topological polar surface area (TPSA) is 162 Å². The molecule has 0 saturated carbocycles. The minimum Gasteiger partial charge on any atom is -0.351 e. The molecule has 0 fully saturated rings. The Morgan fingerprint density at radius 2 is 1.84 bits per heavy atom. The summed E-state index contributed by atoms with van der Waals surface area (Å²) in [5, 5.41) is 20.4. The standard InChI is InChI=1S/C20H18N6O5/c1-12-10-17(27)18(24-25(12)15-4-2-3-5-16(15)26(30)31)19(28)22-11-13-6-8-14(9-7-13)23-20(21)29/h2-10H,11H2,1H3,(H,22,28)(H3,21,23,29). The van der Waals surface area contributed by atoms with Crippen molar-refractivity contribution in [3.8, 4) is 5.69 Å². The Morgan fingerprint density at radius 3 is 2.48 bits per heavy atom. The summed E-state index contributed by atoms with van der Waals surface area (Å²) in [5.74, 6) is -0.725. The van der Waals surface area contributed by atoms with Crippen LogP contribution >= 0.6 is 0 Å². The van der Waals surface area contributed by atoms with E-state index in [9.17, 15) is 24.5 Å². The number of nitrogens with one attached hydrogen (secondary N) is 2. The third-order valence-corrected chi connectivity index (χ3v) is 4.30. The molecule has 2 aromatic carbocycles. The van der Waals surface area contributed by atoms with E-state index in [1.165, 1.54) is 28.9 Å². The van der Waals surface area contributed by atoms with Crippen LogP contribution in [-0.4, -0.2) is 26.6 Å². The summed E-state index contributed by atoms with van der Waals surface area (Å²) in [5.41, 5.74) is 5.51. The van der Waals surface area contributed by atoms with E-state index in [-0.39, 0.29) is 17.9 Å². The number of nitro groups is 1. The van der Waals surface area contributed by atoms with Gasteiger partial charge in [0, 0.05) is 30.1 Å². The third-order valence-electron chi connectivity index (χ3n) is 4.30. The number of anilines is 1. The van der Waals surface area contributed by atoms with Crippen molar-refractivity contribution in [3.05, 3.63) is 91.9 Å². The predicted octanol–water partition coefficient (Wildman–Crippen LogP) is 1.87. The van der Waals surface area contributed by atoms with Gasteiger partial charge >= 0.3 is 6.03 Å². The van der Waals surface area contributed by atoms with E-state index in [0.29, 0.717) is 16.9 Å². The van der Waals surface area contributed by atoms with Gasteiger partial charge in [-0.3, -0.25) is 19.7 Å². The summed E-state index contributed by atoms with van der Waals surface area (Å²) < 4.78 is 1.19. The first-order valence-corrected chi connectivity index (χ1v) is 9.04. The summed E-state index contributed by atoms with van der Waals surface area (Å²) >= 11 is 0. The first-order chi connectivity index (χ1) is 14.8. The van der Waals surface area contributed by atoms with E-state index in [1.54, 1.807) is 37.3 Å². The largest absolute Gasteiger partial charge is 0.351 e. The minimum absolute atomic E-state index is 0.0934. The highest BCUT2D eigenvalue weighted by molar-refractivity contribution is 5.92. The molecule has 11 nitrogen and oxygen atoms in total. The van der Waals surface area contributed by atoms with Crippen molar-refractivity contribution in [1.29, 1.82) is 0 Å². The second kappa shape index (κ2) is 8.86. The van der Waals surface area contributed by atoms with Gasteiger partial charge in [0.2, 0.25) is 5.43 Å². The molecule has 0 spiro atoms. The van der Waals surface area contributed by atoms with Gasteiger partial charge in [0.1, 0.15) is 5.69 Å². The molecule has 11 heteroatoms. The first-order valence-electron chi connectivity index (χ1n) is 9.04. The molecule has 0 bridgehead atoms. The van der Waals surface area contributed by atoms with E-state index >= 15 is 0 Å². The lowest BCUT2D eigenvalue weighted by Crippen LogP contribution is -2.31. The number of nitrogens with two attached hydrogens (primary N) is 1. The molecule has 0 aliphatic heterocycles. The molecule has 0 radical (unpaired) electrons. The fourth-order valence-electron chi connectivity index (χ4n) is 2.86. The van der Waals surface area contributed by atoms with Gasteiger partial charge < -0.3 is 16.4 Å². The van der Waals surface area contributed by atoms with E-state index in [0.717, 1.165) is 0 Å². The van der Waals surface area contributed by atoms with Crippen LogP contribution in [0.15, 0.2) is 59.4 Å². The number of rotatable bonds is 6. The fourth-order valence-corrected chi connectivity index (χ4v) is 2.86. The lowest BCUT2D eigenvalue weighted by molar-refractivity contribution is -0.384. The predicted molar refractivity (Wildman–Crippen MR) is 112 cm³/mol. The number of benzene rings is 2. The smallest absolute Gasteiger partial charge is 0.316 e. The van der Waals surface area contributed by atoms with Crippen LogP contribution in [0.3, 0.4) is 0 Å². The van der Waals surface area contributed by atoms with Gasteiger partial charge in [0.25, 0.3) is 11.6 Å². The maximum absolute atomic E-state index is 12.6. The molecule has 1 aromatic heterocycles. The third kappa shape index (κ3) is 4.90. The number of urea groups is 1. The lowest BCUT2D eigenvalue weighted by Gasteiger charge is -2.12. The summed E-state index contributed by atoms with van der Waals surface area (Å²) in [6.45, 7) is 1.66. The van der Waals surface area contributed by atoms with Crippen molar-refractivity contribution < 1.29 is 14.5 Å². The summed E-state index contributed by atoms with van der Waals surface area (Å²) in [6.07, 6.45) is 0. The molecule has 0 atom stereocenters. The SMILES string of the molecule is Cc1cc(=O)c(C(=O)NCc2ccc(NC(N)=O)cc2)nn1-c1ccccc1[N+](=O)[O-]. The number of aryl methyl sites for hydroxylation is 1. The highest BCUT2D eigenvalue weighted by Gasteiger charge is 2.20.